The van der Waals surface area contributed by atoms with Gasteiger partial charge in [0.25, 0.3) is 0 Å². The van der Waals surface area contributed by atoms with Crippen LogP contribution in [-0.4, -0.2) is 29.6 Å². The molecule has 22 heavy (non-hydrogen) atoms. The van der Waals surface area contributed by atoms with Crippen LogP contribution in [0, 0.1) is 0 Å². The summed E-state index contributed by atoms with van der Waals surface area (Å²) in [6, 6.07) is 9.64. The van der Waals surface area contributed by atoms with Crippen molar-refractivity contribution in [1.29, 1.82) is 0 Å². The number of hydrogen-bond acceptors (Lipinski definition) is 4. The first-order valence-electron chi connectivity index (χ1n) is 7.15. The van der Waals surface area contributed by atoms with E-state index in [1.165, 1.54) is 11.1 Å². The number of benzene rings is 1. The molecule has 1 heterocycles. The van der Waals surface area contributed by atoms with Gasteiger partial charge in [-0.15, -0.1) is 0 Å². The van der Waals surface area contributed by atoms with E-state index >= 15 is 0 Å². The van der Waals surface area contributed by atoms with Gasteiger partial charge in [0.2, 0.25) is 0 Å². The molecule has 2 aromatic rings. The number of aromatic nitrogens is 1. The molecule has 0 bridgehead atoms. The largest absolute Gasteiger partial charge is 0.497 e. The number of Topliss-reactive ketones (excluding diaryl/α,β-unsaturated/α-hetero) is 1. The van der Waals surface area contributed by atoms with Crippen LogP contribution in [0.15, 0.2) is 42.1 Å². The molecule has 1 aromatic carbocycles. The van der Waals surface area contributed by atoms with Crippen LogP contribution in [0.4, 0.5) is 0 Å². The molecule has 1 aliphatic rings. The number of nitrogens with zero attached hydrogens (tertiary/aromatic N) is 1. The predicted octanol–water partition coefficient (Wildman–Crippen LogP) is 2.45. The fourth-order valence-corrected chi connectivity index (χ4v) is 2.76. The van der Waals surface area contributed by atoms with Crippen LogP contribution in [0.2, 0.25) is 0 Å². The second-order valence-electron chi connectivity index (χ2n) is 5.31. The first-order valence-corrected chi connectivity index (χ1v) is 7.15. The predicted molar refractivity (Wildman–Crippen MR) is 84.0 cm³/mol. The SMILES string of the molecule is COc1ccc(CC2=Cc3nccc(C(=O)CO)c3C2)cc1. The number of aliphatic hydroxyl groups excluding tert-OH is 1. The van der Waals surface area contributed by atoms with Gasteiger partial charge in [0.1, 0.15) is 12.4 Å². The molecular formula is C18H17NO3. The molecule has 0 unspecified atom stereocenters. The van der Waals surface area contributed by atoms with Gasteiger partial charge in [-0.2, -0.15) is 0 Å². The quantitative estimate of drug-likeness (QED) is 0.861. The van der Waals surface area contributed by atoms with Gasteiger partial charge in [-0.05, 0) is 48.2 Å². The van der Waals surface area contributed by atoms with Gasteiger partial charge >= 0.3 is 0 Å². The Balaban J connectivity index is 1.79. The van der Waals surface area contributed by atoms with Crippen molar-refractivity contribution in [3.63, 3.8) is 0 Å². The average Bonchev–Trinajstić information content (AvgIpc) is 2.97. The number of rotatable bonds is 5. The van der Waals surface area contributed by atoms with Crippen molar-refractivity contribution in [3.05, 3.63) is 64.5 Å². The highest BCUT2D eigenvalue weighted by atomic mass is 16.5. The zero-order valence-electron chi connectivity index (χ0n) is 12.4. The number of hydrogen-bond donors (Lipinski definition) is 1. The Kier molecular flexibility index (Phi) is 4.02. The molecule has 0 amide bonds. The highest BCUT2D eigenvalue weighted by Crippen LogP contribution is 2.29. The number of methoxy groups -OCH3 is 1. The topological polar surface area (TPSA) is 59.4 Å². The number of pyridine rings is 1. The number of fused-ring (bicyclic) bond motifs is 1. The molecular weight excluding hydrogens is 278 g/mol. The third-order valence-corrected chi connectivity index (χ3v) is 3.87. The summed E-state index contributed by atoms with van der Waals surface area (Å²) in [5.41, 5.74) is 4.74. The standard InChI is InChI=1S/C18H17NO3/c1-22-14-4-2-12(3-5-14)8-13-9-16-15(18(21)11-20)6-7-19-17(16)10-13/h2-7,10,20H,8-9,11H2,1H3. The molecule has 0 spiro atoms. The molecule has 1 aromatic heterocycles. The second-order valence-corrected chi connectivity index (χ2v) is 5.31. The Labute approximate surface area is 129 Å². The second kappa shape index (κ2) is 6.12. The first-order chi connectivity index (χ1) is 10.7. The van der Waals surface area contributed by atoms with E-state index in [0.29, 0.717) is 12.0 Å². The van der Waals surface area contributed by atoms with Crippen molar-refractivity contribution in [1.82, 2.24) is 4.98 Å². The van der Waals surface area contributed by atoms with Crippen LogP contribution in [0.3, 0.4) is 0 Å². The highest BCUT2D eigenvalue weighted by molar-refractivity contribution is 5.99. The van der Waals surface area contributed by atoms with Gasteiger partial charge in [-0.3, -0.25) is 9.78 Å². The summed E-state index contributed by atoms with van der Waals surface area (Å²) < 4.78 is 5.16. The molecule has 0 radical (unpaired) electrons. The summed E-state index contributed by atoms with van der Waals surface area (Å²) in [5, 5.41) is 9.07. The van der Waals surface area contributed by atoms with Crippen molar-refractivity contribution in [2.45, 2.75) is 12.8 Å². The minimum Gasteiger partial charge on any atom is -0.497 e. The number of ketones is 1. The maximum absolute atomic E-state index is 11.8. The van der Waals surface area contributed by atoms with Crippen molar-refractivity contribution in [2.24, 2.45) is 0 Å². The van der Waals surface area contributed by atoms with Crippen molar-refractivity contribution in [2.75, 3.05) is 13.7 Å². The summed E-state index contributed by atoms with van der Waals surface area (Å²) in [5.74, 6) is 0.586. The third kappa shape index (κ3) is 2.78. The van der Waals surface area contributed by atoms with E-state index in [1.807, 2.05) is 30.3 Å². The number of allylic oxidation sites excluding steroid dienone is 1. The van der Waals surface area contributed by atoms with Crippen LogP contribution in [0.5, 0.6) is 5.75 Å². The molecule has 0 aliphatic heterocycles. The van der Waals surface area contributed by atoms with Gasteiger partial charge in [0.15, 0.2) is 5.78 Å². The van der Waals surface area contributed by atoms with E-state index < -0.39 is 6.61 Å². The first kappa shape index (κ1) is 14.5. The van der Waals surface area contributed by atoms with Crippen molar-refractivity contribution in [3.8, 4) is 5.75 Å². The van der Waals surface area contributed by atoms with Crippen LogP contribution in [0.25, 0.3) is 6.08 Å². The van der Waals surface area contributed by atoms with E-state index in [0.717, 1.165) is 23.4 Å². The summed E-state index contributed by atoms with van der Waals surface area (Å²) >= 11 is 0. The number of carbonyl (C=O) groups is 1. The van der Waals surface area contributed by atoms with Gasteiger partial charge < -0.3 is 9.84 Å². The maximum atomic E-state index is 11.8. The van der Waals surface area contributed by atoms with E-state index in [1.54, 1.807) is 19.4 Å². The Bertz CT molecular complexity index is 732. The van der Waals surface area contributed by atoms with Crippen molar-refractivity contribution >= 4 is 11.9 Å². The maximum Gasteiger partial charge on any atom is 0.188 e. The van der Waals surface area contributed by atoms with E-state index in [-0.39, 0.29) is 5.78 Å². The van der Waals surface area contributed by atoms with Gasteiger partial charge in [-0.1, -0.05) is 17.7 Å². The van der Waals surface area contributed by atoms with Gasteiger partial charge in [0, 0.05) is 11.8 Å². The van der Waals surface area contributed by atoms with Crippen LogP contribution in [-0.2, 0) is 12.8 Å². The molecule has 1 aliphatic carbocycles. The van der Waals surface area contributed by atoms with E-state index in [4.69, 9.17) is 9.84 Å². The Hall–Kier alpha value is -2.46. The van der Waals surface area contributed by atoms with Crippen LogP contribution < -0.4 is 4.74 Å². The van der Waals surface area contributed by atoms with Crippen LogP contribution in [0.1, 0.15) is 27.2 Å². The van der Waals surface area contributed by atoms with E-state index in [9.17, 15) is 4.79 Å². The van der Waals surface area contributed by atoms with Crippen LogP contribution >= 0.6 is 0 Å². The molecule has 3 rings (SSSR count). The Morgan fingerprint density at radius 2 is 2.05 bits per heavy atom. The summed E-state index contributed by atoms with van der Waals surface area (Å²) in [4.78, 5) is 16.1. The monoisotopic (exact) mass is 295 g/mol. The molecule has 4 nitrogen and oxygen atoms in total. The molecule has 112 valence electrons. The zero-order chi connectivity index (χ0) is 15.5. The number of carbonyl (C=O) groups excluding carboxylic acids is 1. The lowest BCUT2D eigenvalue weighted by Gasteiger charge is -2.07. The molecule has 1 N–H and O–H groups in total. The fraction of sp³-hybridized carbons (Fsp3) is 0.222. The molecule has 0 saturated carbocycles. The molecule has 0 atom stereocenters. The van der Waals surface area contributed by atoms with Crippen molar-refractivity contribution < 1.29 is 14.6 Å². The minimum absolute atomic E-state index is 0.252. The van der Waals surface area contributed by atoms with Gasteiger partial charge in [0.05, 0.1) is 12.8 Å². The third-order valence-electron chi connectivity index (χ3n) is 3.87. The minimum atomic E-state index is -0.468. The Morgan fingerprint density at radius 1 is 1.27 bits per heavy atom. The lowest BCUT2D eigenvalue weighted by Crippen LogP contribution is -2.09. The lowest BCUT2D eigenvalue weighted by atomic mass is 9.99. The molecule has 0 fully saturated rings. The summed E-state index contributed by atoms with van der Waals surface area (Å²) in [6.07, 6.45) is 5.17. The average molecular weight is 295 g/mol. The molecule has 0 saturated heterocycles. The highest BCUT2D eigenvalue weighted by Gasteiger charge is 2.20. The molecule has 4 heteroatoms. The number of aliphatic hydroxyl groups is 1. The number of ether oxygens (including phenoxy) is 1. The summed E-state index contributed by atoms with van der Waals surface area (Å²) in [6.45, 7) is -0.468. The smallest absolute Gasteiger partial charge is 0.188 e. The van der Waals surface area contributed by atoms with Gasteiger partial charge in [-0.25, -0.2) is 0 Å². The lowest BCUT2D eigenvalue weighted by molar-refractivity contribution is 0.0903. The fourth-order valence-electron chi connectivity index (χ4n) is 2.76. The summed E-state index contributed by atoms with van der Waals surface area (Å²) in [7, 11) is 1.65. The Morgan fingerprint density at radius 3 is 2.73 bits per heavy atom. The normalized spacial score (nSPS) is 12.7. The zero-order valence-corrected chi connectivity index (χ0v) is 12.4. The van der Waals surface area contributed by atoms with E-state index in [2.05, 4.69) is 4.98 Å².